The zero-order chi connectivity index (χ0) is 10.4. The third kappa shape index (κ3) is 1.24. The number of halogens is 1. The fourth-order valence-corrected chi connectivity index (χ4v) is 3.42. The summed E-state index contributed by atoms with van der Waals surface area (Å²) >= 11 is 3.62. The van der Waals surface area contributed by atoms with Crippen LogP contribution in [0.25, 0.3) is 5.57 Å². The van der Waals surface area contributed by atoms with Crippen LogP contribution in [-0.2, 0) is 0 Å². The molecule has 0 amide bonds. The molecule has 1 unspecified atom stereocenters. The number of hydrogen-bond acceptors (Lipinski definition) is 1. The summed E-state index contributed by atoms with van der Waals surface area (Å²) in [5.41, 5.74) is 3.32. The highest BCUT2D eigenvalue weighted by Crippen LogP contribution is 2.46. The highest BCUT2D eigenvalue weighted by atomic mass is 79.9. The van der Waals surface area contributed by atoms with Gasteiger partial charge in [-0.3, -0.25) is 4.79 Å². The number of hydrogen-bond donors (Lipinski definition) is 0. The van der Waals surface area contributed by atoms with Gasteiger partial charge in [-0.2, -0.15) is 0 Å². The van der Waals surface area contributed by atoms with Gasteiger partial charge in [0, 0.05) is 11.5 Å². The minimum Gasteiger partial charge on any atom is -0.293 e. The Kier molecular flexibility index (Phi) is 2.06. The van der Waals surface area contributed by atoms with Crippen molar-refractivity contribution in [1.82, 2.24) is 0 Å². The molecule has 1 aromatic rings. The highest BCUT2D eigenvalue weighted by Gasteiger charge is 2.37. The second-order valence-corrected chi connectivity index (χ2v) is 5.13. The molecule has 3 rings (SSSR count). The van der Waals surface area contributed by atoms with Crippen LogP contribution in [0.1, 0.15) is 35.2 Å². The van der Waals surface area contributed by atoms with Gasteiger partial charge in [-0.1, -0.05) is 40.2 Å². The standard InChI is InChI=1S/C13H11BrO/c14-11-7-3-6-10-12(11)8-4-1-2-5-9(8)13(10)15/h1-2,4-5,10H,3,6-7H2. The molecule has 0 N–H and O–H groups in total. The molecule has 0 spiro atoms. The summed E-state index contributed by atoms with van der Waals surface area (Å²) < 4.78 is 1.23. The van der Waals surface area contributed by atoms with E-state index in [1.165, 1.54) is 10.1 Å². The molecule has 2 heteroatoms. The summed E-state index contributed by atoms with van der Waals surface area (Å²) in [4.78, 5) is 12.1. The topological polar surface area (TPSA) is 17.1 Å². The minimum atomic E-state index is 0.130. The monoisotopic (exact) mass is 262 g/mol. The number of Topliss-reactive ketones (excluding diaryl/α,β-unsaturated/α-hetero) is 1. The van der Waals surface area contributed by atoms with E-state index in [-0.39, 0.29) is 5.92 Å². The smallest absolute Gasteiger partial charge is 0.170 e. The molecule has 15 heavy (non-hydrogen) atoms. The Morgan fingerprint density at radius 3 is 2.73 bits per heavy atom. The van der Waals surface area contributed by atoms with Crippen LogP contribution in [0.2, 0.25) is 0 Å². The first-order valence-electron chi connectivity index (χ1n) is 5.31. The first-order chi connectivity index (χ1) is 7.29. The molecule has 0 saturated heterocycles. The first-order valence-corrected chi connectivity index (χ1v) is 6.10. The number of rotatable bonds is 0. The molecule has 2 aliphatic carbocycles. The van der Waals surface area contributed by atoms with Crippen molar-refractivity contribution in [3.63, 3.8) is 0 Å². The molecular weight excluding hydrogens is 252 g/mol. The van der Waals surface area contributed by atoms with E-state index in [1.807, 2.05) is 18.2 Å². The fourth-order valence-electron chi connectivity index (χ4n) is 2.65. The van der Waals surface area contributed by atoms with Gasteiger partial charge < -0.3 is 0 Å². The third-order valence-corrected chi connectivity index (χ3v) is 4.15. The Morgan fingerprint density at radius 1 is 1.20 bits per heavy atom. The molecule has 0 bridgehead atoms. The molecular formula is C13H11BrO. The number of carbonyl (C=O) groups is 1. The molecule has 0 heterocycles. The zero-order valence-electron chi connectivity index (χ0n) is 8.29. The molecule has 1 nitrogen and oxygen atoms in total. The maximum absolute atomic E-state index is 12.1. The number of carbonyl (C=O) groups excluding carboxylic acids is 1. The van der Waals surface area contributed by atoms with Crippen molar-refractivity contribution in [2.45, 2.75) is 19.3 Å². The van der Waals surface area contributed by atoms with Gasteiger partial charge >= 0.3 is 0 Å². The summed E-state index contributed by atoms with van der Waals surface area (Å²) in [7, 11) is 0. The van der Waals surface area contributed by atoms with Crippen LogP contribution in [-0.4, -0.2) is 5.78 Å². The van der Waals surface area contributed by atoms with Gasteiger partial charge in [-0.05, 0) is 34.9 Å². The summed E-state index contributed by atoms with van der Waals surface area (Å²) in [5, 5.41) is 0. The van der Waals surface area contributed by atoms with Gasteiger partial charge in [0.25, 0.3) is 0 Å². The van der Waals surface area contributed by atoms with Crippen molar-refractivity contribution in [2.75, 3.05) is 0 Å². The average Bonchev–Trinajstić information content (AvgIpc) is 2.55. The van der Waals surface area contributed by atoms with Gasteiger partial charge in [0.2, 0.25) is 0 Å². The van der Waals surface area contributed by atoms with Gasteiger partial charge in [-0.25, -0.2) is 0 Å². The Morgan fingerprint density at radius 2 is 1.93 bits per heavy atom. The molecule has 0 aromatic heterocycles. The quantitative estimate of drug-likeness (QED) is 0.696. The lowest BCUT2D eigenvalue weighted by Gasteiger charge is -2.19. The van der Waals surface area contributed by atoms with Gasteiger partial charge in [0.15, 0.2) is 5.78 Å². The van der Waals surface area contributed by atoms with Crippen molar-refractivity contribution in [2.24, 2.45) is 5.92 Å². The summed E-state index contributed by atoms with van der Waals surface area (Å²) in [6, 6.07) is 7.97. The Labute approximate surface area is 97.3 Å². The van der Waals surface area contributed by atoms with Crippen LogP contribution in [0.3, 0.4) is 0 Å². The van der Waals surface area contributed by atoms with E-state index < -0.39 is 0 Å². The zero-order valence-corrected chi connectivity index (χ0v) is 9.88. The molecule has 0 aliphatic heterocycles. The Balaban J connectivity index is 2.27. The van der Waals surface area contributed by atoms with Crippen molar-refractivity contribution < 1.29 is 4.79 Å². The van der Waals surface area contributed by atoms with Gasteiger partial charge in [0.1, 0.15) is 0 Å². The van der Waals surface area contributed by atoms with Crippen LogP contribution in [0.5, 0.6) is 0 Å². The van der Waals surface area contributed by atoms with Crippen molar-refractivity contribution in [3.05, 3.63) is 39.9 Å². The van der Waals surface area contributed by atoms with E-state index in [1.54, 1.807) is 0 Å². The SMILES string of the molecule is O=C1c2ccccc2C2=C(Br)CCCC12. The maximum atomic E-state index is 12.1. The molecule has 76 valence electrons. The van der Waals surface area contributed by atoms with E-state index >= 15 is 0 Å². The number of ketones is 1. The van der Waals surface area contributed by atoms with Crippen molar-refractivity contribution in [3.8, 4) is 0 Å². The number of fused-ring (bicyclic) bond motifs is 3. The number of allylic oxidation sites excluding steroid dienone is 2. The van der Waals surface area contributed by atoms with Gasteiger partial charge in [0.05, 0.1) is 0 Å². The minimum absolute atomic E-state index is 0.130. The lowest BCUT2D eigenvalue weighted by molar-refractivity contribution is 0.0951. The molecule has 0 radical (unpaired) electrons. The predicted molar refractivity (Wildman–Crippen MR) is 64.0 cm³/mol. The predicted octanol–water partition coefficient (Wildman–Crippen LogP) is 3.79. The molecule has 0 saturated carbocycles. The summed E-state index contributed by atoms with van der Waals surface area (Å²) in [5.74, 6) is 0.447. The van der Waals surface area contributed by atoms with Crippen LogP contribution in [0.15, 0.2) is 28.7 Å². The molecule has 1 aromatic carbocycles. The third-order valence-electron chi connectivity index (χ3n) is 3.33. The van der Waals surface area contributed by atoms with Crippen LogP contribution >= 0.6 is 15.9 Å². The second kappa shape index (κ2) is 3.31. The molecule has 0 fully saturated rings. The number of benzene rings is 1. The molecule has 2 aliphatic rings. The Hall–Kier alpha value is -0.890. The van der Waals surface area contributed by atoms with E-state index in [9.17, 15) is 4.79 Å². The average molecular weight is 263 g/mol. The largest absolute Gasteiger partial charge is 0.293 e. The lowest BCUT2D eigenvalue weighted by atomic mass is 9.88. The van der Waals surface area contributed by atoms with Crippen LogP contribution < -0.4 is 0 Å². The maximum Gasteiger partial charge on any atom is 0.170 e. The first kappa shape index (κ1) is 9.34. The van der Waals surface area contributed by atoms with E-state index in [0.717, 1.165) is 30.4 Å². The van der Waals surface area contributed by atoms with Crippen LogP contribution in [0.4, 0.5) is 0 Å². The van der Waals surface area contributed by atoms with Crippen molar-refractivity contribution in [1.29, 1.82) is 0 Å². The van der Waals surface area contributed by atoms with E-state index in [0.29, 0.717) is 5.78 Å². The highest BCUT2D eigenvalue weighted by molar-refractivity contribution is 9.11. The molecule has 1 atom stereocenters. The van der Waals surface area contributed by atoms with E-state index in [4.69, 9.17) is 0 Å². The Bertz CT molecular complexity index is 473. The van der Waals surface area contributed by atoms with Gasteiger partial charge in [-0.15, -0.1) is 0 Å². The summed E-state index contributed by atoms with van der Waals surface area (Å²) in [6.45, 7) is 0. The lowest BCUT2D eigenvalue weighted by Crippen LogP contribution is -2.11. The van der Waals surface area contributed by atoms with Crippen molar-refractivity contribution >= 4 is 27.3 Å². The fraction of sp³-hybridized carbons (Fsp3) is 0.308. The normalized spacial score (nSPS) is 24.1. The van der Waals surface area contributed by atoms with Crippen LogP contribution in [0, 0.1) is 5.92 Å². The van der Waals surface area contributed by atoms with E-state index in [2.05, 4.69) is 22.0 Å². The summed E-state index contributed by atoms with van der Waals surface area (Å²) in [6.07, 6.45) is 3.21. The second-order valence-electron chi connectivity index (χ2n) is 4.17.